The van der Waals surface area contributed by atoms with E-state index in [0.29, 0.717) is 6.42 Å². The molecule has 0 spiro atoms. The highest BCUT2D eigenvalue weighted by molar-refractivity contribution is 7.99. The summed E-state index contributed by atoms with van der Waals surface area (Å²) in [5, 5.41) is 0.980. The number of hydrogen-bond acceptors (Lipinski definition) is 5. The maximum absolute atomic E-state index is 11.4. The number of ether oxygens (including phenoxy) is 1. The molecule has 0 saturated heterocycles. The zero-order valence-corrected chi connectivity index (χ0v) is 12.2. The SMILES string of the molecule is COC(=O)CC1(CSc2ncccc2C(C)N)CC1. The molecule has 1 aromatic heterocycles. The normalized spacial score (nSPS) is 17.8. The van der Waals surface area contributed by atoms with Crippen molar-refractivity contribution in [3.05, 3.63) is 23.9 Å². The van der Waals surface area contributed by atoms with Crippen LogP contribution in [0.4, 0.5) is 0 Å². The minimum Gasteiger partial charge on any atom is -0.469 e. The van der Waals surface area contributed by atoms with Crippen molar-refractivity contribution in [2.75, 3.05) is 12.9 Å². The highest BCUT2D eigenvalue weighted by Gasteiger charge is 2.44. The first kappa shape index (κ1) is 14.3. The van der Waals surface area contributed by atoms with Gasteiger partial charge in [0.15, 0.2) is 0 Å². The van der Waals surface area contributed by atoms with Gasteiger partial charge in [-0.2, -0.15) is 0 Å². The molecule has 0 aliphatic heterocycles. The number of rotatable bonds is 6. The zero-order chi connectivity index (χ0) is 13.9. The summed E-state index contributed by atoms with van der Waals surface area (Å²) in [6.45, 7) is 1.96. The van der Waals surface area contributed by atoms with Crippen molar-refractivity contribution < 1.29 is 9.53 Å². The van der Waals surface area contributed by atoms with Crippen LogP contribution in [0.1, 0.15) is 37.8 Å². The van der Waals surface area contributed by atoms with Gasteiger partial charge in [-0.1, -0.05) is 6.07 Å². The van der Waals surface area contributed by atoms with Gasteiger partial charge in [-0.05, 0) is 31.2 Å². The number of methoxy groups -OCH3 is 1. The second-order valence-corrected chi connectivity index (χ2v) is 6.19. The summed E-state index contributed by atoms with van der Waals surface area (Å²) in [6, 6.07) is 3.90. The van der Waals surface area contributed by atoms with Crippen LogP contribution in [-0.2, 0) is 9.53 Å². The third kappa shape index (κ3) is 3.70. The Labute approximate surface area is 118 Å². The molecular formula is C14H20N2O2S. The average molecular weight is 280 g/mol. The second kappa shape index (κ2) is 5.92. The second-order valence-electron chi connectivity index (χ2n) is 5.23. The van der Waals surface area contributed by atoms with Crippen LogP contribution in [0.2, 0.25) is 0 Å². The van der Waals surface area contributed by atoms with E-state index in [2.05, 4.69) is 4.98 Å². The molecule has 0 aromatic carbocycles. The largest absolute Gasteiger partial charge is 0.469 e. The Hall–Kier alpha value is -1.07. The van der Waals surface area contributed by atoms with Gasteiger partial charge in [0.2, 0.25) is 0 Å². The number of nitrogens with zero attached hydrogens (tertiary/aromatic N) is 1. The number of carbonyl (C=O) groups excluding carboxylic acids is 1. The predicted molar refractivity (Wildman–Crippen MR) is 75.9 cm³/mol. The van der Waals surface area contributed by atoms with Crippen LogP contribution in [0.15, 0.2) is 23.4 Å². The highest BCUT2D eigenvalue weighted by Crippen LogP contribution is 2.52. The van der Waals surface area contributed by atoms with Gasteiger partial charge >= 0.3 is 5.97 Å². The fraction of sp³-hybridized carbons (Fsp3) is 0.571. The van der Waals surface area contributed by atoms with Gasteiger partial charge < -0.3 is 10.5 Å². The van der Waals surface area contributed by atoms with Gasteiger partial charge in [-0.15, -0.1) is 11.8 Å². The minimum atomic E-state index is -0.119. The van der Waals surface area contributed by atoms with E-state index in [-0.39, 0.29) is 17.4 Å². The van der Waals surface area contributed by atoms with Gasteiger partial charge in [-0.25, -0.2) is 4.98 Å². The molecule has 1 aromatic rings. The molecule has 1 atom stereocenters. The van der Waals surface area contributed by atoms with Crippen molar-refractivity contribution in [3.8, 4) is 0 Å². The monoisotopic (exact) mass is 280 g/mol. The van der Waals surface area contributed by atoms with E-state index < -0.39 is 0 Å². The van der Waals surface area contributed by atoms with Crippen molar-refractivity contribution in [3.63, 3.8) is 0 Å². The first-order valence-electron chi connectivity index (χ1n) is 6.46. The van der Waals surface area contributed by atoms with Crippen molar-refractivity contribution in [1.29, 1.82) is 0 Å². The molecule has 1 unspecified atom stereocenters. The fourth-order valence-electron chi connectivity index (χ4n) is 2.02. The first-order valence-corrected chi connectivity index (χ1v) is 7.45. The summed E-state index contributed by atoms with van der Waals surface area (Å²) in [7, 11) is 1.44. The molecule has 2 N–H and O–H groups in total. The zero-order valence-electron chi connectivity index (χ0n) is 11.4. The van der Waals surface area contributed by atoms with Crippen molar-refractivity contribution in [2.24, 2.45) is 11.1 Å². The van der Waals surface area contributed by atoms with Gasteiger partial charge in [-0.3, -0.25) is 4.79 Å². The van der Waals surface area contributed by atoms with Crippen molar-refractivity contribution >= 4 is 17.7 Å². The molecule has 5 heteroatoms. The van der Waals surface area contributed by atoms with Gasteiger partial charge in [0, 0.05) is 23.6 Å². The lowest BCUT2D eigenvalue weighted by Crippen LogP contribution is -2.14. The molecule has 4 nitrogen and oxygen atoms in total. The minimum absolute atomic E-state index is 0.0213. The lowest BCUT2D eigenvalue weighted by Gasteiger charge is -2.15. The molecule has 1 fully saturated rings. The summed E-state index contributed by atoms with van der Waals surface area (Å²) in [5.74, 6) is 0.783. The Kier molecular flexibility index (Phi) is 4.47. The van der Waals surface area contributed by atoms with E-state index in [9.17, 15) is 4.79 Å². The van der Waals surface area contributed by atoms with E-state index in [1.54, 1.807) is 18.0 Å². The van der Waals surface area contributed by atoms with Gasteiger partial charge in [0.25, 0.3) is 0 Å². The van der Waals surface area contributed by atoms with E-state index in [4.69, 9.17) is 10.5 Å². The molecule has 19 heavy (non-hydrogen) atoms. The highest BCUT2D eigenvalue weighted by atomic mass is 32.2. The molecule has 0 amide bonds. The number of hydrogen-bond donors (Lipinski definition) is 1. The quantitative estimate of drug-likeness (QED) is 0.641. The fourth-order valence-corrected chi connectivity index (χ4v) is 3.41. The Morgan fingerprint density at radius 3 is 2.95 bits per heavy atom. The molecule has 1 aliphatic rings. The predicted octanol–water partition coefficient (Wildman–Crippen LogP) is 2.54. The summed E-state index contributed by atoms with van der Waals surface area (Å²) in [4.78, 5) is 15.8. The van der Waals surface area contributed by atoms with Crippen molar-refractivity contribution in [2.45, 2.75) is 37.3 Å². The molecule has 1 heterocycles. The molecule has 0 radical (unpaired) electrons. The molecular weight excluding hydrogens is 260 g/mol. The van der Waals surface area contributed by atoms with Crippen LogP contribution in [0, 0.1) is 5.41 Å². The number of thioether (sulfide) groups is 1. The number of esters is 1. The Morgan fingerprint density at radius 2 is 2.37 bits per heavy atom. The van der Waals surface area contributed by atoms with E-state index >= 15 is 0 Å². The standard InChI is InChI=1S/C14H20N2O2S/c1-10(15)11-4-3-7-16-13(11)19-9-14(5-6-14)8-12(17)18-2/h3-4,7,10H,5-6,8-9,15H2,1-2H3. The third-order valence-corrected chi connectivity index (χ3v) is 4.88. The lowest BCUT2D eigenvalue weighted by molar-refractivity contribution is -0.141. The average Bonchev–Trinajstić information content (AvgIpc) is 3.16. The number of aromatic nitrogens is 1. The summed E-state index contributed by atoms with van der Waals surface area (Å²) in [5.41, 5.74) is 7.13. The third-order valence-electron chi connectivity index (χ3n) is 3.51. The maximum atomic E-state index is 11.4. The van der Waals surface area contributed by atoms with E-state index in [0.717, 1.165) is 29.2 Å². The first-order chi connectivity index (χ1) is 9.06. The summed E-state index contributed by atoms with van der Waals surface area (Å²) < 4.78 is 4.76. The number of pyridine rings is 1. The molecule has 104 valence electrons. The Morgan fingerprint density at radius 1 is 1.63 bits per heavy atom. The number of carbonyl (C=O) groups is 1. The van der Waals surface area contributed by atoms with Crippen LogP contribution in [-0.4, -0.2) is 23.8 Å². The Bertz CT molecular complexity index is 459. The molecule has 2 rings (SSSR count). The van der Waals surface area contributed by atoms with Crippen molar-refractivity contribution in [1.82, 2.24) is 4.98 Å². The van der Waals surface area contributed by atoms with Crippen LogP contribution >= 0.6 is 11.8 Å². The van der Waals surface area contributed by atoms with Gasteiger partial charge in [0.1, 0.15) is 5.03 Å². The molecule has 1 saturated carbocycles. The van der Waals surface area contributed by atoms with E-state index in [1.165, 1.54) is 7.11 Å². The lowest BCUT2D eigenvalue weighted by atomic mass is 10.1. The smallest absolute Gasteiger partial charge is 0.306 e. The summed E-state index contributed by atoms with van der Waals surface area (Å²) in [6.07, 6.45) is 4.48. The van der Waals surface area contributed by atoms with Gasteiger partial charge in [0.05, 0.1) is 13.5 Å². The van der Waals surface area contributed by atoms with E-state index in [1.807, 2.05) is 19.1 Å². The van der Waals surface area contributed by atoms with Crippen LogP contribution in [0.5, 0.6) is 0 Å². The van der Waals surface area contributed by atoms with Crippen LogP contribution in [0.25, 0.3) is 0 Å². The molecule has 0 bridgehead atoms. The van der Waals surface area contributed by atoms with Crippen LogP contribution in [0.3, 0.4) is 0 Å². The van der Waals surface area contributed by atoms with Crippen LogP contribution < -0.4 is 5.73 Å². The summed E-state index contributed by atoms with van der Waals surface area (Å²) >= 11 is 1.70. The maximum Gasteiger partial charge on any atom is 0.306 e. The Balaban J connectivity index is 1.98. The number of nitrogens with two attached hydrogens (primary N) is 1. The topological polar surface area (TPSA) is 65.2 Å². The molecule has 1 aliphatic carbocycles.